The first-order chi connectivity index (χ1) is 15.5. The predicted molar refractivity (Wildman–Crippen MR) is 123 cm³/mol. The molecule has 1 saturated carbocycles. The van der Waals surface area contributed by atoms with Crippen LogP contribution in [0, 0.1) is 0 Å². The molecule has 2 aromatic carbocycles. The Morgan fingerprint density at radius 1 is 1.06 bits per heavy atom. The molecule has 0 radical (unpaired) electrons. The standard InChI is InChI=1S/C25H26N4O3/c1-3-28-22(16-32-15-17-7-5-4-6-8-17)27-29(24(28)31)18-9-10-19-20(13-18)21(14-26-23(19)30)25(2)11-12-25/h4-10,13-14H,3,11-12,15-16H2,1-2H3,(H,26,30). The van der Waals surface area contributed by atoms with E-state index in [2.05, 4.69) is 17.0 Å². The molecule has 2 aromatic heterocycles. The largest absolute Gasteiger partial charge is 0.369 e. The Kier molecular flexibility index (Phi) is 5.06. The van der Waals surface area contributed by atoms with Crippen molar-refractivity contribution in [2.75, 3.05) is 0 Å². The fraction of sp³-hybridized carbons (Fsp3) is 0.320. The summed E-state index contributed by atoms with van der Waals surface area (Å²) in [7, 11) is 0. The van der Waals surface area contributed by atoms with Gasteiger partial charge in [0.15, 0.2) is 5.82 Å². The Balaban J connectivity index is 1.50. The molecule has 0 saturated heterocycles. The topological polar surface area (TPSA) is 81.9 Å². The van der Waals surface area contributed by atoms with Gasteiger partial charge in [0.05, 0.1) is 12.3 Å². The van der Waals surface area contributed by atoms with Gasteiger partial charge >= 0.3 is 5.69 Å². The maximum absolute atomic E-state index is 13.1. The van der Waals surface area contributed by atoms with Gasteiger partial charge in [-0.05, 0) is 59.9 Å². The molecule has 1 aliphatic rings. The molecule has 1 N–H and O–H groups in total. The molecule has 7 nitrogen and oxygen atoms in total. The summed E-state index contributed by atoms with van der Waals surface area (Å²) in [5.41, 5.74) is 2.57. The van der Waals surface area contributed by atoms with Crippen LogP contribution in [-0.4, -0.2) is 19.3 Å². The Labute approximate surface area is 185 Å². The second-order valence-corrected chi connectivity index (χ2v) is 8.66. The van der Waals surface area contributed by atoms with Crippen molar-refractivity contribution in [3.8, 4) is 5.69 Å². The molecule has 1 aliphatic carbocycles. The van der Waals surface area contributed by atoms with Gasteiger partial charge in [0.2, 0.25) is 0 Å². The molecule has 0 bridgehead atoms. The molecule has 0 aliphatic heterocycles. The number of pyridine rings is 1. The van der Waals surface area contributed by atoms with Gasteiger partial charge in [-0.3, -0.25) is 9.36 Å². The van der Waals surface area contributed by atoms with Gasteiger partial charge in [0, 0.05) is 18.1 Å². The molecule has 1 fully saturated rings. The van der Waals surface area contributed by atoms with Crippen LogP contribution in [0.2, 0.25) is 0 Å². The summed E-state index contributed by atoms with van der Waals surface area (Å²) in [5.74, 6) is 0.578. The van der Waals surface area contributed by atoms with Crippen LogP contribution in [0.5, 0.6) is 0 Å². The number of aromatic nitrogens is 4. The molecule has 4 aromatic rings. The van der Waals surface area contributed by atoms with E-state index in [0.717, 1.165) is 29.4 Å². The molecule has 0 amide bonds. The first-order valence-electron chi connectivity index (χ1n) is 11.0. The zero-order chi connectivity index (χ0) is 22.3. The maximum atomic E-state index is 13.1. The number of nitrogens with one attached hydrogen (secondary N) is 1. The quantitative estimate of drug-likeness (QED) is 0.485. The minimum Gasteiger partial charge on any atom is -0.369 e. The molecule has 0 unspecified atom stereocenters. The normalized spacial score (nSPS) is 14.7. The molecule has 2 heterocycles. The van der Waals surface area contributed by atoms with E-state index in [0.29, 0.717) is 30.0 Å². The number of aromatic amines is 1. The SMILES string of the molecule is CCn1c(COCc2ccccc2)nn(-c2ccc3c(=O)[nH]cc(C4(C)CC4)c3c2)c1=O. The first kappa shape index (κ1) is 20.5. The van der Waals surface area contributed by atoms with Crippen LogP contribution >= 0.6 is 0 Å². The van der Waals surface area contributed by atoms with E-state index in [1.165, 1.54) is 4.68 Å². The minimum absolute atomic E-state index is 0.0747. The summed E-state index contributed by atoms with van der Waals surface area (Å²) >= 11 is 0. The van der Waals surface area contributed by atoms with Crippen molar-refractivity contribution in [1.29, 1.82) is 0 Å². The van der Waals surface area contributed by atoms with E-state index in [4.69, 9.17) is 4.74 Å². The molecule has 0 atom stereocenters. The van der Waals surface area contributed by atoms with Gasteiger partial charge in [-0.15, -0.1) is 5.10 Å². The number of hydrogen-bond acceptors (Lipinski definition) is 4. The second-order valence-electron chi connectivity index (χ2n) is 8.66. The fourth-order valence-electron chi connectivity index (χ4n) is 4.20. The Bertz CT molecular complexity index is 1390. The number of fused-ring (bicyclic) bond motifs is 1. The van der Waals surface area contributed by atoms with Gasteiger partial charge in [-0.1, -0.05) is 37.3 Å². The van der Waals surface area contributed by atoms with Crippen molar-refractivity contribution in [3.63, 3.8) is 0 Å². The lowest BCUT2D eigenvalue weighted by Crippen LogP contribution is -2.24. The van der Waals surface area contributed by atoms with Gasteiger partial charge < -0.3 is 9.72 Å². The van der Waals surface area contributed by atoms with Gasteiger partial charge in [0.25, 0.3) is 5.56 Å². The first-order valence-corrected chi connectivity index (χ1v) is 11.0. The van der Waals surface area contributed by atoms with Crippen LogP contribution in [0.1, 0.15) is 43.6 Å². The van der Waals surface area contributed by atoms with Crippen LogP contribution in [0.4, 0.5) is 0 Å². The second kappa shape index (κ2) is 7.91. The van der Waals surface area contributed by atoms with Gasteiger partial charge in [0.1, 0.15) is 6.61 Å². The zero-order valence-corrected chi connectivity index (χ0v) is 18.3. The third-order valence-electron chi connectivity index (χ3n) is 6.38. The highest BCUT2D eigenvalue weighted by atomic mass is 16.5. The van der Waals surface area contributed by atoms with Gasteiger partial charge in [-0.2, -0.15) is 4.68 Å². The molecular formula is C25H26N4O3. The summed E-state index contributed by atoms with van der Waals surface area (Å²) in [6.07, 6.45) is 4.00. The number of hydrogen-bond donors (Lipinski definition) is 1. The number of H-pyrrole nitrogens is 1. The fourth-order valence-corrected chi connectivity index (χ4v) is 4.20. The Morgan fingerprint density at radius 3 is 2.56 bits per heavy atom. The smallest absolute Gasteiger partial charge is 0.350 e. The third kappa shape index (κ3) is 3.58. The monoisotopic (exact) mass is 430 g/mol. The van der Waals surface area contributed by atoms with Crippen molar-refractivity contribution in [2.45, 2.75) is 51.9 Å². The summed E-state index contributed by atoms with van der Waals surface area (Å²) < 4.78 is 8.86. The number of rotatable bonds is 7. The zero-order valence-electron chi connectivity index (χ0n) is 18.3. The minimum atomic E-state index is -0.214. The number of ether oxygens (including phenoxy) is 1. The molecule has 0 spiro atoms. The van der Waals surface area contributed by atoms with E-state index >= 15 is 0 Å². The van der Waals surface area contributed by atoms with Crippen molar-refractivity contribution >= 4 is 10.8 Å². The van der Waals surface area contributed by atoms with E-state index in [1.807, 2.05) is 49.5 Å². The number of nitrogens with zero attached hydrogens (tertiary/aromatic N) is 3. The highest BCUT2D eigenvalue weighted by Gasteiger charge is 2.40. The maximum Gasteiger partial charge on any atom is 0.350 e. The lowest BCUT2D eigenvalue weighted by molar-refractivity contribution is 0.0989. The van der Waals surface area contributed by atoms with Crippen molar-refractivity contribution in [1.82, 2.24) is 19.3 Å². The molecular weight excluding hydrogens is 404 g/mol. The molecule has 32 heavy (non-hydrogen) atoms. The van der Waals surface area contributed by atoms with E-state index in [-0.39, 0.29) is 23.3 Å². The van der Waals surface area contributed by atoms with Crippen molar-refractivity contribution < 1.29 is 4.74 Å². The average molecular weight is 431 g/mol. The molecule has 7 heteroatoms. The van der Waals surface area contributed by atoms with Crippen LogP contribution in [0.3, 0.4) is 0 Å². The molecule has 5 rings (SSSR count). The highest BCUT2D eigenvalue weighted by molar-refractivity contribution is 5.87. The van der Waals surface area contributed by atoms with Crippen LogP contribution in [-0.2, 0) is 29.9 Å². The lowest BCUT2D eigenvalue weighted by Gasteiger charge is -2.13. The van der Waals surface area contributed by atoms with E-state index in [9.17, 15) is 9.59 Å². The summed E-state index contributed by atoms with van der Waals surface area (Å²) in [4.78, 5) is 28.3. The van der Waals surface area contributed by atoms with E-state index in [1.54, 1.807) is 16.7 Å². The highest BCUT2D eigenvalue weighted by Crippen LogP contribution is 2.49. The summed E-state index contributed by atoms with van der Waals surface area (Å²) in [6.45, 7) is 5.31. The number of benzene rings is 2. The van der Waals surface area contributed by atoms with E-state index < -0.39 is 0 Å². The summed E-state index contributed by atoms with van der Waals surface area (Å²) in [5, 5.41) is 6.09. The average Bonchev–Trinajstić information content (AvgIpc) is 3.47. The van der Waals surface area contributed by atoms with Crippen LogP contribution < -0.4 is 11.2 Å². The van der Waals surface area contributed by atoms with Crippen LogP contribution in [0.25, 0.3) is 16.5 Å². The lowest BCUT2D eigenvalue weighted by atomic mass is 9.94. The van der Waals surface area contributed by atoms with Crippen LogP contribution in [0.15, 0.2) is 64.3 Å². The Hall–Kier alpha value is -3.45. The third-order valence-corrected chi connectivity index (χ3v) is 6.38. The van der Waals surface area contributed by atoms with Crippen molar-refractivity contribution in [2.24, 2.45) is 0 Å². The summed E-state index contributed by atoms with van der Waals surface area (Å²) in [6, 6.07) is 15.4. The predicted octanol–water partition coefficient (Wildman–Crippen LogP) is 3.66. The molecule has 164 valence electrons. The Morgan fingerprint density at radius 2 is 1.84 bits per heavy atom. The van der Waals surface area contributed by atoms with Gasteiger partial charge in [-0.25, -0.2) is 4.79 Å². The van der Waals surface area contributed by atoms with Crippen molar-refractivity contribution in [3.05, 3.63) is 92.5 Å².